The molecule has 3 rings (SSSR count). The van der Waals surface area contributed by atoms with Gasteiger partial charge in [0.1, 0.15) is 17.3 Å². The Hall–Kier alpha value is -3.82. The molecule has 0 unspecified atom stereocenters. The maximum Gasteiger partial charge on any atom is 0.339 e. The Kier molecular flexibility index (Phi) is 8.29. The van der Waals surface area contributed by atoms with Gasteiger partial charge in [0, 0.05) is 10.6 Å². The monoisotopic (exact) mass is 500 g/mol. The van der Waals surface area contributed by atoms with Crippen LogP contribution in [0.4, 0.5) is 0 Å². The average Bonchev–Trinajstić information content (AvgIpc) is 2.82. The van der Waals surface area contributed by atoms with Crippen LogP contribution >= 0.6 is 11.6 Å². The van der Waals surface area contributed by atoms with Gasteiger partial charge in [-0.1, -0.05) is 36.4 Å². The molecule has 0 atom stereocenters. The van der Waals surface area contributed by atoms with Crippen LogP contribution in [0.2, 0.25) is 5.02 Å². The first-order chi connectivity index (χ1) is 16.3. The zero-order chi connectivity index (χ0) is 24.6. The molecule has 0 aliphatic rings. The molecule has 176 valence electrons. The maximum absolute atomic E-state index is 12.4. The summed E-state index contributed by atoms with van der Waals surface area (Å²) in [7, 11) is -2.56. The van der Waals surface area contributed by atoms with Gasteiger partial charge < -0.3 is 13.7 Å². The van der Waals surface area contributed by atoms with Gasteiger partial charge in [-0.2, -0.15) is 13.5 Å². The number of nitrogens with zero attached hydrogens (tertiary/aromatic N) is 1. The van der Waals surface area contributed by atoms with Crippen LogP contribution in [-0.2, 0) is 10.1 Å². The lowest BCUT2D eigenvalue weighted by Crippen LogP contribution is -2.17. The van der Waals surface area contributed by atoms with E-state index < -0.39 is 16.0 Å². The van der Waals surface area contributed by atoms with Gasteiger partial charge in [0.15, 0.2) is 11.5 Å². The summed E-state index contributed by atoms with van der Waals surface area (Å²) in [5, 5.41) is 4.33. The van der Waals surface area contributed by atoms with Crippen LogP contribution in [0.3, 0.4) is 0 Å². The number of methoxy groups -OCH3 is 1. The van der Waals surface area contributed by atoms with Gasteiger partial charge >= 0.3 is 10.1 Å². The van der Waals surface area contributed by atoms with E-state index in [2.05, 4.69) is 17.1 Å². The lowest BCUT2D eigenvalue weighted by Gasteiger charge is -2.10. The first-order valence-electron chi connectivity index (χ1n) is 9.87. The van der Waals surface area contributed by atoms with Crippen molar-refractivity contribution >= 4 is 33.8 Å². The van der Waals surface area contributed by atoms with Crippen molar-refractivity contribution in [2.45, 2.75) is 4.90 Å². The van der Waals surface area contributed by atoms with Crippen molar-refractivity contribution in [2.24, 2.45) is 5.10 Å². The maximum atomic E-state index is 12.4. The zero-order valence-electron chi connectivity index (χ0n) is 18.1. The second kappa shape index (κ2) is 11.4. The van der Waals surface area contributed by atoms with Gasteiger partial charge in [0.25, 0.3) is 5.91 Å². The largest absolute Gasteiger partial charge is 0.493 e. The van der Waals surface area contributed by atoms with Crippen LogP contribution in [0, 0.1) is 0 Å². The summed E-state index contributed by atoms with van der Waals surface area (Å²) in [6.45, 7) is 3.89. The minimum atomic E-state index is -4.03. The lowest BCUT2D eigenvalue weighted by atomic mass is 10.2. The van der Waals surface area contributed by atoms with Crippen molar-refractivity contribution in [3.8, 4) is 17.2 Å². The number of carbonyl (C=O) groups excluding carboxylic acids is 1. The van der Waals surface area contributed by atoms with Crippen molar-refractivity contribution < 1.29 is 26.9 Å². The van der Waals surface area contributed by atoms with E-state index in [4.69, 9.17) is 25.3 Å². The molecule has 3 aromatic carbocycles. The molecule has 0 aliphatic carbocycles. The fourth-order valence-electron chi connectivity index (χ4n) is 2.73. The number of benzene rings is 3. The Morgan fingerprint density at radius 2 is 1.85 bits per heavy atom. The summed E-state index contributed by atoms with van der Waals surface area (Å²) in [5.41, 5.74) is 3.23. The quantitative estimate of drug-likeness (QED) is 0.191. The topological polar surface area (TPSA) is 103 Å². The van der Waals surface area contributed by atoms with Gasteiger partial charge in [-0.25, -0.2) is 5.43 Å². The number of nitrogens with one attached hydrogen (secondary N) is 1. The van der Waals surface area contributed by atoms with Gasteiger partial charge in [-0.05, 0) is 60.2 Å². The van der Waals surface area contributed by atoms with Crippen LogP contribution < -0.4 is 19.1 Å². The smallest absolute Gasteiger partial charge is 0.339 e. The second-order valence-electron chi connectivity index (χ2n) is 6.73. The normalized spacial score (nSPS) is 11.1. The van der Waals surface area contributed by atoms with Crippen molar-refractivity contribution in [2.75, 3.05) is 13.7 Å². The predicted molar refractivity (Wildman–Crippen MR) is 129 cm³/mol. The first kappa shape index (κ1) is 24.8. The molecule has 0 radical (unpaired) electrons. The zero-order valence-corrected chi connectivity index (χ0v) is 19.7. The molecule has 0 fully saturated rings. The summed E-state index contributed by atoms with van der Waals surface area (Å²) < 4.78 is 40.8. The molecule has 3 aromatic rings. The van der Waals surface area contributed by atoms with Crippen LogP contribution in [0.1, 0.15) is 15.9 Å². The highest BCUT2D eigenvalue weighted by atomic mass is 35.5. The SMILES string of the molecule is C=CCOc1ccc(C(=O)N/N=C/c2cccc(OS(=O)(=O)c3ccc(Cl)cc3)c2)cc1OC. The molecule has 0 saturated carbocycles. The summed E-state index contributed by atoms with van der Waals surface area (Å²) in [4.78, 5) is 12.4. The van der Waals surface area contributed by atoms with Crippen molar-refractivity contribution in [3.63, 3.8) is 0 Å². The molecular weight excluding hydrogens is 480 g/mol. The molecule has 0 heterocycles. The Morgan fingerprint density at radius 1 is 1.09 bits per heavy atom. The van der Waals surface area contributed by atoms with Gasteiger partial charge in [-0.3, -0.25) is 4.79 Å². The van der Waals surface area contributed by atoms with E-state index in [-0.39, 0.29) is 10.6 Å². The van der Waals surface area contributed by atoms with Gasteiger partial charge in [-0.15, -0.1) is 0 Å². The van der Waals surface area contributed by atoms with E-state index in [9.17, 15) is 13.2 Å². The van der Waals surface area contributed by atoms with E-state index in [1.807, 2.05) is 0 Å². The van der Waals surface area contributed by atoms with E-state index in [0.717, 1.165) is 0 Å². The highest BCUT2D eigenvalue weighted by molar-refractivity contribution is 7.87. The molecule has 1 amide bonds. The van der Waals surface area contributed by atoms with Crippen LogP contribution in [0.25, 0.3) is 0 Å². The standard InChI is InChI=1S/C24H21ClN2O6S/c1-3-13-32-22-12-7-18(15-23(22)31-2)24(28)27-26-16-17-5-4-6-20(14-17)33-34(29,30)21-10-8-19(25)9-11-21/h3-12,14-16H,1,13H2,2H3,(H,27,28)/b26-16+. The average molecular weight is 501 g/mol. The molecule has 0 spiro atoms. The Bertz CT molecular complexity index is 1310. The highest BCUT2D eigenvalue weighted by Crippen LogP contribution is 2.28. The molecule has 8 nitrogen and oxygen atoms in total. The molecule has 34 heavy (non-hydrogen) atoms. The third kappa shape index (κ3) is 6.60. The van der Waals surface area contributed by atoms with E-state index in [1.165, 1.54) is 55.8 Å². The van der Waals surface area contributed by atoms with Crippen molar-refractivity contribution in [1.82, 2.24) is 5.43 Å². The van der Waals surface area contributed by atoms with Gasteiger partial charge in [0.2, 0.25) is 0 Å². The summed E-state index contributed by atoms with van der Waals surface area (Å²) >= 11 is 5.80. The number of hydrogen-bond acceptors (Lipinski definition) is 7. The minimum Gasteiger partial charge on any atom is -0.493 e. The molecule has 0 saturated heterocycles. The number of hydrogen-bond donors (Lipinski definition) is 1. The van der Waals surface area contributed by atoms with Gasteiger partial charge in [0.05, 0.1) is 13.3 Å². The molecule has 0 aliphatic heterocycles. The fraction of sp³-hybridized carbons (Fsp3) is 0.0833. The lowest BCUT2D eigenvalue weighted by molar-refractivity contribution is 0.0954. The Labute approximate surface area is 202 Å². The highest BCUT2D eigenvalue weighted by Gasteiger charge is 2.16. The van der Waals surface area contributed by atoms with E-state index in [1.54, 1.807) is 30.3 Å². The number of ether oxygens (including phenoxy) is 2. The Balaban J connectivity index is 1.66. The van der Waals surface area contributed by atoms with Crippen molar-refractivity contribution in [3.05, 3.63) is 95.5 Å². The Morgan fingerprint density at radius 3 is 2.56 bits per heavy atom. The third-order valence-electron chi connectivity index (χ3n) is 4.33. The predicted octanol–water partition coefficient (Wildman–Crippen LogP) is 4.45. The molecule has 0 bridgehead atoms. The van der Waals surface area contributed by atoms with Crippen molar-refractivity contribution in [1.29, 1.82) is 0 Å². The third-order valence-corrected chi connectivity index (χ3v) is 5.84. The molecule has 10 heteroatoms. The number of rotatable bonds is 10. The van der Waals surface area contributed by atoms with E-state index >= 15 is 0 Å². The molecule has 0 aromatic heterocycles. The van der Waals surface area contributed by atoms with Crippen LogP contribution in [-0.4, -0.2) is 34.3 Å². The number of hydrazone groups is 1. The number of carbonyl (C=O) groups is 1. The van der Waals surface area contributed by atoms with Crippen LogP contribution in [0.5, 0.6) is 17.2 Å². The van der Waals surface area contributed by atoms with Crippen LogP contribution in [0.15, 0.2) is 89.4 Å². The molecule has 1 N–H and O–H groups in total. The first-order valence-corrected chi connectivity index (χ1v) is 11.7. The number of halogens is 1. The fourth-order valence-corrected chi connectivity index (χ4v) is 3.78. The van der Waals surface area contributed by atoms with E-state index in [0.29, 0.717) is 34.3 Å². The summed E-state index contributed by atoms with van der Waals surface area (Å²) in [6.07, 6.45) is 2.96. The minimum absolute atomic E-state index is 0.0282. The molecular formula is C24H21ClN2O6S. The number of amides is 1. The summed E-state index contributed by atoms with van der Waals surface area (Å²) in [6, 6.07) is 16.6. The summed E-state index contributed by atoms with van der Waals surface area (Å²) in [5.74, 6) is 0.491. The second-order valence-corrected chi connectivity index (χ2v) is 8.71.